The molecule has 5 nitrogen and oxygen atoms in total. The van der Waals surface area contributed by atoms with Crippen molar-refractivity contribution in [2.75, 3.05) is 18.9 Å². The predicted molar refractivity (Wildman–Crippen MR) is 101 cm³/mol. The zero-order chi connectivity index (χ0) is 18.7. The molecule has 2 rings (SSSR count). The van der Waals surface area contributed by atoms with Crippen molar-refractivity contribution in [3.05, 3.63) is 50.7 Å². The first-order valence-electron chi connectivity index (χ1n) is 7.93. The van der Waals surface area contributed by atoms with Gasteiger partial charge in [0.1, 0.15) is 0 Å². The third-order valence-corrected chi connectivity index (χ3v) is 5.01. The highest BCUT2D eigenvalue weighted by atomic mass is 32.1. The molecule has 25 heavy (non-hydrogen) atoms. The van der Waals surface area contributed by atoms with Gasteiger partial charge in [-0.15, -0.1) is 11.3 Å². The number of rotatable bonds is 5. The molecule has 0 bridgehead atoms. The van der Waals surface area contributed by atoms with Gasteiger partial charge in [-0.05, 0) is 51.0 Å². The van der Waals surface area contributed by atoms with Crippen molar-refractivity contribution in [1.29, 1.82) is 0 Å². The van der Waals surface area contributed by atoms with Gasteiger partial charge in [-0.25, -0.2) is 0 Å². The van der Waals surface area contributed by atoms with Gasteiger partial charge in [0.25, 0.3) is 5.91 Å². The van der Waals surface area contributed by atoms with Crippen LogP contribution in [0.2, 0.25) is 0 Å². The van der Waals surface area contributed by atoms with Crippen LogP contribution < -0.4 is 5.32 Å². The minimum Gasteiger partial charge on any atom is -0.332 e. The van der Waals surface area contributed by atoms with Crippen molar-refractivity contribution in [2.24, 2.45) is 0 Å². The Morgan fingerprint density at radius 2 is 1.60 bits per heavy atom. The number of carbonyl (C=O) groups excluding carboxylic acids is 3. The quantitative estimate of drug-likeness (QED) is 0.831. The van der Waals surface area contributed by atoms with Gasteiger partial charge in [-0.2, -0.15) is 0 Å². The Hall–Kier alpha value is -2.47. The molecule has 0 spiro atoms. The van der Waals surface area contributed by atoms with Gasteiger partial charge < -0.3 is 10.2 Å². The van der Waals surface area contributed by atoms with Crippen molar-refractivity contribution >= 4 is 34.6 Å². The molecule has 0 saturated heterocycles. The Morgan fingerprint density at radius 1 is 1.04 bits per heavy atom. The summed E-state index contributed by atoms with van der Waals surface area (Å²) in [5, 5.41) is 2.88. The van der Waals surface area contributed by atoms with Crippen molar-refractivity contribution < 1.29 is 14.4 Å². The zero-order valence-electron chi connectivity index (χ0n) is 15.1. The van der Waals surface area contributed by atoms with E-state index in [9.17, 15) is 14.4 Å². The van der Waals surface area contributed by atoms with Crippen molar-refractivity contribution in [2.45, 2.75) is 27.7 Å². The average Bonchev–Trinajstić information content (AvgIpc) is 3.00. The summed E-state index contributed by atoms with van der Waals surface area (Å²) in [6, 6.07) is 7.26. The SMILES string of the molecule is CC(=O)c1ccc(C(=O)N(C)CC(=O)Nc2c(C)cc(C)cc2C)s1. The Labute approximate surface area is 151 Å². The number of hydrogen-bond acceptors (Lipinski definition) is 4. The maximum Gasteiger partial charge on any atom is 0.264 e. The Morgan fingerprint density at radius 3 is 2.12 bits per heavy atom. The van der Waals surface area contributed by atoms with Crippen LogP contribution in [0.3, 0.4) is 0 Å². The number of hydrogen-bond donors (Lipinski definition) is 1. The molecular weight excluding hydrogens is 336 g/mol. The Kier molecular flexibility index (Phi) is 5.74. The Balaban J connectivity index is 2.04. The number of likely N-dealkylation sites (N-methyl/N-ethyl adjacent to an activating group) is 1. The molecule has 1 N–H and O–H groups in total. The molecule has 1 aromatic carbocycles. The second kappa shape index (κ2) is 7.61. The molecular formula is C19H22N2O3S. The van der Waals surface area contributed by atoms with E-state index in [1.165, 1.54) is 11.8 Å². The number of thiophene rings is 1. The molecule has 0 aliphatic rings. The summed E-state index contributed by atoms with van der Waals surface area (Å²) < 4.78 is 0. The first-order chi connectivity index (χ1) is 11.7. The lowest BCUT2D eigenvalue weighted by molar-refractivity contribution is -0.116. The number of carbonyl (C=O) groups is 3. The molecule has 2 aromatic rings. The van der Waals surface area contributed by atoms with Crippen LogP contribution >= 0.6 is 11.3 Å². The summed E-state index contributed by atoms with van der Waals surface area (Å²) in [5.41, 5.74) is 3.90. The van der Waals surface area contributed by atoms with E-state index in [1.807, 2.05) is 32.9 Å². The molecule has 132 valence electrons. The van der Waals surface area contributed by atoms with Gasteiger partial charge >= 0.3 is 0 Å². The molecule has 1 aromatic heterocycles. The number of Topliss-reactive ketones (excluding diaryl/α,β-unsaturated/α-hetero) is 1. The normalized spacial score (nSPS) is 10.4. The lowest BCUT2D eigenvalue weighted by Gasteiger charge is -2.18. The number of amides is 2. The largest absolute Gasteiger partial charge is 0.332 e. The van der Waals surface area contributed by atoms with Gasteiger partial charge in [0, 0.05) is 12.7 Å². The number of anilines is 1. The minimum absolute atomic E-state index is 0.0567. The molecule has 0 aliphatic heterocycles. The molecule has 2 amide bonds. The molecule has 0 fully saturated rings. The molecule has 0 radical (unpaired) electrons. The number of benzene rings is 1. The second-order valence-corrected chi connectivity index (χ2v) is 7.29. The van der Waals surface area contributed by atoms with E-state index in [0.717, 1.165) is 33.7 Å². The highest BCUT2D eigenvalue weighted by Gasteiger charge is 2.18. The van der Waals surface area contributed by atoms with E-state index in [-0.39, 0.29) is 24.1 Å². The molecule has 0 unspecified atom stereocenters. The number of nitrogens with one attached hydrogen (secondary N) is 1. The van der Waals surface area contributed by atoms with E-state index in [1.54, 1.807) is 19.2 Å². The Bertz CT molecular complexity index is 816. The van der Waals surface area contributed by atoms with Crippen LogP contribution in [0.5, 0.6) is 0 Å². The second-order valence-electron chi connectivity index (χ2n) is 6.20. The van der Waals surface area contributed by atoms with Crippen LogP contribution in [0, 0.1) is 20.8 Å². The highest BCUT2D eigenvalue weighted by Crippen LogP contribution is 2.22. The number of nitrogens with zero attached hydrogens (tertiary/aromatic N) is 1. The van der Waals surface area contributed by atoms with Crippen LogP contribution in [-0.2, 0) is 4.79 Å². The maximum absolute atomic E-state index is 12.4. The van der Waals surface area contributed by atoms with Gasteiger partial charge in [-0.1, -0.05) is 17.7 Å². The fourth-order valence-electron chi connectivity index (χ4n) is 2.67. The summed E-state index contributed by atoms with van der Waals surface area (Å²) in [5.74, 6) is -0.603. The van der Waals surface area contributed by atoms with Crippen LogP contribution in [0.4, 0.5) is 5.69 Å². The molecule has 1 heterocycles. The monoisotopic (exact) mass is 358 g/mol. The average molecular weight is 358 g/mol. The fourth-order valence-corrected chi connectivity index (χ4v) is 3.57. The topological polar surface area (TPSA) is 66.5 Å². The fraction of sp³-hybridized carbons (Fsp3) is 0.316. The molecule has 6 heteroatoms. The first kappa shape index (κ1) is 18.9. The minimum atomic E-state index is -0.273. The summed E-state index contributed by atoms with van der Waals surface area (Å²) in [4.78, 5) is 38.4. The van der Waals surface area contributed by atoms with Crippen molar-refractivity contribution in [1.82, 2.24) is 4.90 Å². The van der Waals surface area contributed by atoms with E-state index in [0.29, 0.717) is 9.75 Å². The van der Waals surface area contributed by atoms with Gasteiger partial charge in [0.2, 0.25) is 5.91 Å². The number of aryl methyl sites for hydroxylation is 3. The molecule has 0 aliphatic carbocycles. The van der Waals surface area contributed by atoms with Gasteiger partial charge in [0.05, 0.1) is 16.3 Å². The van der Waals surface area contributed by atoms with Gasteiger partial charge in [0.15, 0.2) is 5.78 Å². The van der Waals surface area contributed by atoms with Crippen LogP contribution in [-0.4, -0.2) is 36.1 Å². The first-order valence-corrected chi connectivity index (χ1v) is 8.74. The van der Waals surface area contributed by atoms with Crippen LogP contribution in [0.25, 0.3) is 0 Å². The molecule has 0 saturated carbocycles. The standard InChI is InChI=1S/C19H22N2O3S/c1-11-8-12(2)18(13(3)9-11)20-17(23)10-21(5)19(24)16-7-6-15(25-16)14(4)22/h6-9H,10H2,1-5H3,(H,20,23). The lowest BCUT2D eigenvalue weighted by atomic mass is 10.1. The highest BCUT2D eigenvalue weighted by molar-refractivity contribution is 7.15. The zero-order valence-corrected chi connectivity index (χ0v) is 15.9. The molecule has 0 atom stereocenters. The van der Waals surface area contributed by atoms with Gasteiger partial charge in [-0.3, -0.25) is 14.4 Å². The third-order valence-electron chi connectivity index (χ3n) is 3.83. The van der Waals surface area contributed by atoms with Crippen molar-refractivity contribution in [3.8, 4) is 0 Å². The van der Waals surface area contributed by atoms with Crippen LogP contribution in [0.1, 0.15) is 43.0 Å². The summed E-state index contributed by atoms with van der Waals surface area (Å²) in [6.45, 7) is 7.30. The van der Waals surface area contributed by atoms with E-state index in [2.05, 4.69) is 5.32 Å². The summed E-state index contributed by atoms with van der Waals surface area (Å²) >= 11 is 1.14. The van der Waals surface area contributed by atoms with E-state index >= 15 is 0 Å². The van der Waals surface area contributed by atoms with Crippen LogP contribution in [0.15, 0.2) is 24.3 Å². The smallest absolute Gasteiger partial charge is 0.264 e. The van der Waals surface area contributed by atoms with Crippen molar-refractivity contribution in [3.63, 3.8) is 0 Å². The predicted octanol–water partition coefficient (Wildman–Crippen LogP) is 3.59. The summed E-state index contributed by atoms with van der Waals surface area (Å²) in [6.07, 6.45) is 0. The summed E-state index contributed by atoms with van der Waals surface area (Å²) in [7, 11) is 1.57. The third kappa shape index (κ3) is 4.54. The van der Waals surface area contributed by atoms with E-state index in [4.69, 9.17) is 0 Å². The maximum atomic E-state index is 12.4. The van der Waals surface area contributed by atoms with E-state index < -0.39 is 0 Å². The number of ketones is 1. The lowest BCUT2D eigenvalue weighted by Crippen LogP contribution is -2.34.